The van der Waals surface area contributed by atoms with Gasteiger partial charge in [-0.3, -0.25) is 14.5 Å². The van der Waals surface area contributed by atoms with Crippen LogP contribution >= 0.6 is 0 Å². The highest BCUT2D eigenvalue weighted by atomic mass is 19.1. The van der Waals surface area contributed by atoms with E-state index >= 15 is 0 Å². The molecule has 0 unspecified atom stereocenters. The Hall–Kier alpha value is -3.88. The Bertz CT molecular complexity index is 1400. The zero-order valence-corrected chi connectivity index (χ0v) is 17.0. The molecule has 0 fully saturated rings. The molecule has 3 heterocycles. The number of aryl methyl sites for hydroxylation is 3. The normalized spacial score (nSPS) is 12.9. The molecule has 1 aliphatic heterocycles. The summed E-state index contributed by atoms with van der Waals surface area (Å²) < 4.78 is 36.0. The minimum Gasteiger partial charge on any atom is -0.361 e. The Kier molecular flexibility index (Phi) is 4.21. The van der Waals surface area contributed by atoms with E-state index in [-0.39, 0.29) is 10.9 Å². The van der Waals surface area contributed by atoms with Gasteiger partial charge in [0, 0.05) is 24.4 Å². The van der Waals surface area contributed by atoms with Crippen LogP contribution in [0.4, 0.5) is 14.5 Å². The van der Waals surface area contributed by atoms with Crippen LogP contribution in [0.5, 0.6) is 0 Å². The molecule has 0 atom stereocenters. The molecule has 9 heteroatoms. The van der Waals surface area contributed by atoms with E-state index in [1.165, 1.54) is 10.9 Å². The van der Waals surface area contributed by atoms with Crippen molar-refractivity contribution >= 4 is 28.2 Å². The van der Waals surface area contributed by atoms with Gasteiger partial charge in [0.2, 0.25) is 0 Å². The molecule has 2 aromatic heterocycles. The number of aromatic nitrogens is 3. The molecule has 156 valence electrons. The van der Waals surface area contributed by atoms with Crippen LogP contribution in [0.1, 0.15) is 38.5 Å². The van der Waals surface area contributed by atoms with Crippen LogP contribution < -0.4 is 5.32 Å². The molecule has 0 spiro atoms. The summed E-state index contributed by atoms with van der Waals surface area (Å²) in [5.41, 5.74) is 4.04. The van der Waals surface area contributed by atoms with E-state index in [2.05, 4.69) is 20.6 Å². The Morgan fingerprint density at radius 2 is 2.03 bits per heavy atom. The van der Waals surface area contributed by atoms with Gasteiger partial charge < -0.3 is 9.84 Å². The number of carbonyl (C=O) groups is 1. The van der Waals surface area contributed by atoms with Crippen LogP contribution in [0.15, 0.2) is 40.0 Å². The van der Waals surface area contributed by atoms with Crippen molar-refractivity contribution in [2.24, 2.45) is 12.0 Å². The summed E-state index contributed by atoms with van der Waals surface area (Å²) in [6.07, 6.45) is 1.27. The first-order valence-corrected chi connectivity index (χ1v) is 9.57. The van der Waals surface area contributed by atoms with Gasteiger partial charge >= 0.3 is 0 Å². The number of hydrogen-bond acceptors (Lipinski definition) is 5. The lowest BCUT2D eigenvalue weighted by Crippen LogP contribution is -2.16. The summed E-state index contributed by atoms with van der Waals surface area (Å²) in [6, 6.07) is 6.35. The number of amides is 1. The Morgan fingerprint density at radius 1 is 1.23 bits per heavy atom. The number of nitrogens with zero attached hydrogens (tertiary/aromatic N) is 4. The quantitative estimate of drug-likeness (QED) is 0.541. The van der Waals surface area contributed by atoms with Crippen LogP contribution in [-0.2, 0) is 13.6 Å². The van der Waals surface area contributed by atoms with Gasteiger partial charge in [0.1, 0.15) is 23.0 Å². The van der Waals surface area contributed by atoms with Crippen LogP contribution in [0.25, 0.3) is 10.9 Å². The molecule has 31 heavy (non-hydrogen) atoms. The van der Waals surface area contributed by atoms with Gasteiger partial charge in [-0.25, -0.2) is 8.78 Å². The Balaban J connectivity index is 1.50. The molecule has 0 radical (unpaired) electrons. The van der Waals surface area contributed by atoms with E-state index in [4.69, 9.17) is 4.52 Å². The molecule has 2 aromatic carbocycles. The van der Waals surface area contributed by atoms with E-state index in [0.717, 1.165) is 28.5 Å². The summed E-state index contributed by atoms with van der Waals surface area (Å²) in [7, 11) is 1.57. The smallest absolute Gasteiger partial charge is 0.261 e. The topological polar surface area (TPSA) is 85.3 Å². The fourth-order valence-electron chi connectivity index (χ4n) is 3.92. The second-order valence-corrected chi connectivity index (χ2v) is 7.44. The van der Waals surface area contributed by atoms with Crippen LogP contribution in [0.2, 0.25) is 0 Å². The second-order valence-electron chi connectivity index (χ2n) is 7.44. The number of nitrogens with one attached hydrogen (secondary N) is 1. The number of anilines is 1. The fourth-order valence-corrected chi connectivity index (χ4v) is 3.92. The summed E-state index contributed by atoms with van der Waals surface area (Å²) in [4.78, 5) is 17.3. The minimum atomic E-state index is -0.953. The van der Waals surface area contributed by atoms with Gasteiger partial charge in [-0.05, 0) is 31.5 Å². The summed E-state index contributed by atoms with van der Waals surface area (Å²) >= 11 is 0. The molecule has 7 nitrogen and oxygen atoms in total. The van der Waals surface area contributed by atoms with E-state index in [0.29, 0.717) is 23.7 Å². The van der Waals surface area contributed by atoms with Gasteiger partial charge in [0.25, 0.3) is 5.91 Å². The minimum absolute atomic E-state index is 0.0795. The number of aliphatic imine (C=N–C) groups is 1. The highest BCUT2D eigenvalue weighted by Gasteiger charge is 2.25. The molecule has 0 saturated carbocycles. The molecule has 5 rings (SSSR count). The van der Waals surface area contributed by atoms with E-state index in [1.807, 2.05) is 19.9 Å². The number of halogens is 2. The zero-order valence-electron chi connectivity index (χ0n) is 17.0. The van der Waals surface area contributed by atoms with Crippen molar-refractivity contribution in [3.8, 4) is 0 Å². The standard InChI is InChI=1S/C22H17F2N5O2/c1-10-18(11(2)31-28-10)21-14-6-13(5-4-12(14)8-25-21)27-22(30)19-16(23)7-17-15(20(19)24)9-26-29(17)3/h4-7,9H,8H2,1-3H3,(H,27,30). The van der Waals surface area contributed by atoms with Gasteiger partial charge in [-0.1, -0.05) is 11.2 Å². The maximum absolute atomic E-state index is 14.9. The Morgan fingerprint density at radius 3 is 2.77 bits per heavy atom. The first-order chi connectivity index (χ1) is 14.8. The molecule has 0 aliphatic carbocycles. The number of carbonyl (C=O) groups excluding carboxylic acids is 1. The average molecular weight is 421 g/mol. The highest BCUT2D eigenvalue weighted by Crippen LogP contribution is 2.30. The van der Waals surface area contributed by atoms with Crippen LogP contribution in [0, 0.1) is 25.5 Å². The predicted molar refractivity (Wildman–Crippen MR) is 110 cm³/mol. The number of benzene rings is 2. The van der Waals surface area contributed by atoms with Crippen LogP contribution in [-0.4, -0.2) is 26.6 Å². The van der Waals surface area contributed by atoms with E-state index in [9.17, 15) is 13.6 Å². The van der Waals surface area contributed by atoms with Gasteiger partial charge in [-0.15, -0.1) is 0 Å². The van der Waals surface area contributed by atoms with Crippen molar-refractivity contribution in [1.82, 2.24) is 14.9 Å². The van der Waals surface area contributed by atoms with Crippen molar-refractivity contribution in [2.75, 3.05) is 5.32 Å². The summed E-state index contributed by atoms with van der Waals surface area (Å²) in [5.74, 6) is -2.13. The molecule has 4 aromatic rings. The third-order valence-corrected chi connectivity index (χ3v) is 5.47. The predicted octanol–water partition coefficient (Wildman–Crippen LogP) is 4.06. The third kappa shape index (κ3) is 2.92. The fraction of sp³-hybridized carbons (Fsp3) is 0.182. The summed E-state index contributed by atoms with van der Waals surface area (Å²) in [6.45, 7) is 4.13. The molecule has 1 aliphatic rings. The average Bonchev–Trinajstić information content (AvgIpc) is 3.39. The first kappa shape index (κ1) is 19.1. The van der Waals surface area contributed by atoms with Crippen molar-refractivity contribution in [2.45, 2.75) is 20.4 Å². The van der Waals surface area contributed by atoms with Crippen molar-refractivity contribution in [3.05, 3.63) is 75.8 Å². The zero-order chi connectivity index (χ0) is 21.9. The van der Waals surface area contributed by atoms with Crippen molar-refractivity contribution in [1.29, 1.82) is 0 Å². The number of fused-ring (bicyclic) bond motifs is 2. The molecular formula is C22H17F2N5O2. The van der Waals surface area contributed by atoms with Crippen LogP contribution in [0.3, 0.4) is 0 Å². The van der Waals surface area contributed by atoms with E-state index < -0.39 is 23.1 Å². The maximum Gasteiger partial charge on any atom is 0.261 e. The largest absolute Gasteiger partial charge is 0.361 e. The lowest BCUT2D eigenvalue weighted by molar-refractivity contribution is 0.101. The number of hydrogen-bond donors (Lipinski definition) is 1. The molecule has 0 saturated heterocycles. The van der Waals surface area contributed by atoms with Gasteiger partial charge in [0.05, 0.1) is 40.6 Å². The summed E-state index contributed by atoms with van der Waals surface area (Å²) in [5, 5.41) is 10.6. The molecular weight excluding hydrogens is 404 g/mol. The second kappa shape index (κ2) is 6.83. The monoisotopic (exact) mass is 421 g/mol. The lowest BCUT2D eigenvalue weighted by atomic mass is 9.98. The molecule has 1 N–H and O–H groups in total. The maximum atomic E-state index is 14.9. The molecule has 0 bridgehead atoms. The van der Waals surface area contributed by atoms with Gasteiger partial charge in [-0.2, -0.15) is 5.10 Å². The number of rotatable bonds is 3. The molecule has 1 amide bonds. The van der Waals surface area contributed by atoms with Gasteiger partial charge in [0.15, 0.2) is 0 Å². The highest BCUT2D eigenvalue weighted by molar-refractivity contribution is 6.17. The first-order valence-electron chi connectivity index (χ1n) is 9.57. The van der Waals surface area contributed by atoms with Crippen molar-refractivity contribution < 1.29 is 18.1 Å². The van der Waals surface area contributed by atoms with E-state index in [1.54, 1.807) is 19.2 Å². The third-order valence-electron chi connectivity index (χ3n) is 5.47. The SMILES string of the molecule is Cc1noc(C)c1C1=NCc2ccc(NC(=O)c3c(F)cc4c(cnn4C)c3F)cc21. The lowest BCUT2D eigenvalue weighted by Gasteiger charge is -2.10. The van der Waals surface area contributed by atoms with Crippen molar-refractivity contribution in [3.63, 3.8) is 0 Å². The Labute approximate surface area is 175 Å².